The molecule has 1 aromatic rings. The molecule has 3 nitrogen and oxygen atoms in total. The monoisotopic (exact) mass is 188 g/mol. The molecule has 1 N–H and O–H groups in total. The Hall–Kier alpha value is -1.77. The summed E-state index contributed by atoms with van der Waals surface area (Å²) in [6.45, 7) is 0. The lowest BCUT2D eigenvalue weighted by atomic mass is 10.1. The van der Waals surface area contributed by atoms with Gasteiger partial charge >= 0.3 is 0 Å². The number of aromatic nitrogens is 1. The maximum atomic E-state index is 12.6. The number of alkyl halides is 2. The van der Waals surface area contributed by atoms with Crippen molar-refractivity contribution in [1.82, 2.24) is 4.98 Å². The molecular formula is C7H3F3N2O. The Morgan fingerprint density at radius 3 is 2.54 bits per heavy atom. The molecule has 0 spiro atoms. The van der Waals surface area contributed by atoms with Crippen LogP contribution in [0.5, 0.6) is 5.75 Å². The Balaban J connectivity index is 3.46. The highest BCUT2D eigenvalue weighted by atomic mass is 19.3. The molecular weight excluding hydrogens is 185 g/mol. The van der Waals surface area contributed by atoms with Gasteiger partial charge in [-0.15, -0.1) is 0 Å². The number of nitrogens with zero attached hydrogens (tertiary/aromatic N) is 2. The molecule has 68 valence electrons. The van der Waals surface area contributed by atoms with E-state index in [1.807, 2.05) is 0 Å². The SMILES string of the molecule is N#Cc1c(O)cnc(F)c1C(F)F. The van der Waals surface area contributed by atoms with Gasteiger partial charge in [-0.05, 0) is 0 Å². The minimum Gasteiger partial charge on any atom is -0.505 e. The van der Waals surface area contributed by atoms with Crippen LogP contribution in [0.1, 0.15) is 17.6 Å². The normalized spacial score (nSPS) is 10.1. The zero-order valence-corrected chi connectivity index (χ0v) is 6.13. The minimum absolute atomic E-state index is 0.611. The number of halogens is 3. The first-order valence-corrected chi connectivity index (χ1v) is 3.13. The highest BCUT2D eigenvalue weighted by Gasteiger charge is 2.22. The number of hydrogen-bond donors (Lipinski definition) is 1. The van der Waals surface area contributed by atoms with Gasteiger partial charge in [-0.1, -0.05) is 0 Å². The zero-order chi connectivity index (χ0) is 10.0. The minimum atomic E-state index is -3.17. The quantitative estimate of drug-likeness (QED) is 0.683. The fourth-order valence-electron chi connectivity index (χ4n) is 0.810. The van der Waals surface area contributed by atoms with Crippen LogP contribution in [0.15, 0.2) is 6.20 Å². The highest BCUT2D eigenvalue weighted by Crippen LogP contribution is 2.29. The van der Waals surface area contributed by atoms with Gasteiger partial charge in [-0.25, -0.2) is 13.8 Å². The van der Waals surface area contributed by atoms with E-state index < -0.39 is 29.2 Å². The summed E-state index contributed by atoms with van der Waals surface area (Å²) >= 11 is 0. The van der Waals surface area contributed by atoms with E-state index in [2.05, 4.69) is 4.98 Å². The van der Waals surface area contributed by atoms with Gasteiger partial charge in [-0.3, -0.25) is 0 Å². The molecule has 1 aromatic heterocycles. The van der Waals surface area contributed by atoms with E-state index in [9.17, 15) is 13.2 Å². The van der Waals surface area contributed by atoms with Crippen LogP contribution in [-0.4, -0.2) is 10.1 Å². The molecule has 0 aliphatic heterocycles. The molecule has 0 fully saturated rings. The lowest BCUT2D eigenvalue weighted by Gasteiger charge is -2.03. The Bertz CT molecular complexity index is 373. The molecule has 0 aliphatic carbocycles. The van der Waals surface area contributed by atoms with Crippen LogP contribution in [0.2, 0.25) is 0 Å². The summed E-state index contributed by atoms with van der Waals surface area (Å²) in [4.78, 5) is 2.86. The van der Waals surface area contributed by atoms with Crippen molar-refractivity contribution in [2.45, 2.75) is 6.43 Å². The van der Waals surface area contributed by atoms with Crippen molar-refractivity contribution in [3.63, 3.8) is 0 Å². The third-order valence-electron chi connectivity index (χ3n) is 1.38. The van der Waals surface area contributed by atoms with Gasteiger partial charge < -0.3 is 5.11 Å². The first-order chi connectivity index (χ1) is 6.07. The molecule has 13 heavy (non-hydrogen) atoms. The first kappa shape index (κ1) is 9.32. The molecule has 0 bridgehead atoms. The lowest BCUT2D eigenvalue weighted by molar-refractivity contribution is 0.144. The first-order valence-electron chi connectivity index (χ1n) is 3.13. The van der Waals surface area contributed by atoms with Crippen molar-refractivity contribution in [2.24, 2.45) is 0 Å². The van der Waals surface area contributed by atoms with Crippen LogP contribution in [-0.2, 0) is 0 Å². The van der Waals surface area contributed by atoms with Gasteiger partial charge in [-0.2, -0.15) is 9.65 Å². The molecule has 0 amide bonds. The van der Waals surface area contributed by atoms with Crippen molar-refractivity contribution in [2.75, 3.05) is 0 Å². The van der Waals surface area contributed by atoms with Gasteiger partial charge in [0, 0.05) is 0 Å². The summed E-state index contributed by atoms with van der Waals surface area (Å²) in [5, 5.41) is 17.2. The summed E-state index contributed by atoms with van der Waals surface area (Å²) in [6.07, 6.45) is -2.56. The number of pyridine rings is 1. The number of aromatic hydroxyl groups is 1. The van der Waals surface area contributed by atoms with Crippen molar-refractivity contribution < 1.29 is 18.3 Å². The van der Waals surface area contributed by atoms with Crippen LogP contribution < -0.4 is 0 Å². The van der Waals surface area contributed by atoms with Gasteiger partial charge in [0.1, 0.15) is 11.6 Å². The van der Waals surface area contributed by atoms with Crippen molar-refractivity contribution in [3.8, 4) is 11.8 Å². The predicted octanol–water partition coefficient (Wildman–Crippen LogP) is 1.74. The van der Waals surface area contributed by atoms with Crippen molar-refractivity contribution in [3.05, 3.63) is 23.3 Å². The molecule has 0 saturated heterocycles. The van der Waals surface area contributed by atoms with Gasteiger partial charge in [0.15, 0.2) is 5.75 Å². The predicted molar refractivity (Wildman–Crippen MR) is 35.5 cm³/mol. The summed E-state index contributed by atoms with van der Waals surface area (Å²) in [6, 6.07) is 1.28. The second kappa shape index (κ2) is 3.31. The summed E-state index contributed by atoms with van der Waals surface area (Å²) in [7, 11) is 0. The molecule has 6 heteroatoms. The largest absolute Gasteiger partial charge is 0.505 e. The van der Waals surface area contributed by atoms with Gasteiger partial charge in [0.2, 0.25) is 5.95 Å². The van der Waals surface area contributed by atoms with Crippen LogP contribution in [0.4, 0.5) is 13.2 Å². The number of rotatable bonds is 1. The fourth-order valence-corrected chi connectivity index (χ4v) is 0.810. The van der Waals surface area contributed by atoms with Crippen molar-refractivity contribution in [1.29, 1.82) is 5.26 Å². The third kappa shape index (κ3) is 1.54. The Morgan fingerprint density at radius 1 is 1.54 bits per heavy atom. The van der Waals surface area contributed by atoms with Gasteiger partial charge in [0.05, 0.1) is 11.8 Å². The molecule has 0 radical (unpaired) electrons. The van der Waals surface area contributed by atoms with E-state index in [0.717, 1.165) is 0 Å². The Labute approximate surface area is 71.1 Å². The molecule has 1 heterocycles. The Morgan fingerprint density at radius 2 is 2.15 bits per heavy atom. The standard InChI is InChI=1S/C7H3F3N2O/c8-6(9)5-3(1-11)4(13)2-12-7(5)10/h2,6,13H. The average molecular weight is 188 g/mol. The molecule has 0 aliphatic rings. The topological polar surface area (TPSA) is 56.9 Å². The molecule has 0 atom stereocenters. The van der Waals surface area contributed by atoms with E-state index in [0.29, 0.717) is 6.20 Å². The van der Waals surface area contributed by atoms with E-state index in [-0.39, 0.29) is 0 Å². The van der Waals surface area contributed by atoms with E-state index in [1.54, 1.807) is 0 Å². The Kier molecular flexibility index (Phi) is 2.37. The van der Waals surface area contributed by atoms with Crippen molar-refractivity contribution >= 4 is 0 Å². The van der Waals surface area contributed by atoms with Crippen LogP contribution in [0.3, 0.4) is 0 Å². The zero-order valence-electron chi connectivity index (χ0n) is 6.13. The van der Waals surface area contributed by atoms with Crippen LogP contribution in [0, 0.1) is 17.3 Å². The summed E-state index contributed by atoms with van der Waals surface area (Å²) < 4.78 is 36.8. The third-order valence-corrected chi connectivity index (χ3v) is 1.38. The second-order valence-electron chi connectivity index (χ2n) is 2.14. The second-order valence-corrected chi connectivity index (χ2v) is 2.14. The molecule has 0 saturated carbocycles. The average Bonchev–Trinajstić information content (AvgIpc) is 2.07. The molecule has 0 unspecified atom stereocenters. The molecule has 0 aromatic carbocycles. The highest BCUT2D eigenvalue weighted by molar-refractivity contribution is 5.46. The summed E-state index contributed by atoms with van der Waals surface area (Å²) in [5.74, 6) is -2.19. The maximum absolute atomic E-state index is 12.6. The van der Waals surface area contributed by atoms with Crippen LogP contribution >= 0.6 is 0 Å². The van der Waals surface area contributed by atoms with E-state index >= 15 is 0 Å². The summed E-state index contributed by atoms with van der Waals surface area (Å²) in [5.41, 5.74) is -1.94. The number of hydrogen-bond acceptors (Lipinski definition) is 3. The maximum Gasteiger partial charge on any atom is 0.269 e. The smallest absolute Gasteiger partial charge is 0.269 e. The molecule has 1 rings (SSSR count). The van der Waals surface area contributed by atoms with Gasteiger partial charge in [0.25, 0.3) is 6.43 Å². The fraction of sp³-hybridized carbons (Fsp3) is 0.143. The number of nitriles is 1. The van der Waals surface area contributed by atoms with Crippen LogP contribution in [0.25, 0.3) is 0 Å². The van der Waals surface area contributed by atoms with E-state index in [1.165, 1.54) is 6.07 Å². The van der Waals surface area contributed by atoms with E-state index in [4.69, 9.17) is 10.4 Å². The lowest BCUT2D eigenvalue weighted by Crippen LogP contribution is -1.98.